The Labute approximate surface area is 152 Å². The topological polar surface area (TPSA) is 134 Å². The first-order valence-electron chi connectivity index (χ1n) is 8.22. The summed E-state index contributed by atoms with van der Waals surface area (Å²) in [6.07, 6.45) is 2.49. The van der Waals surface area contributed by atoms with Gasteiger partial charge in [-0.2, -0.15) is 0 Å². The van der Waals surface area contributed by atoms with Crippen LogP contribution in [0.4, 0.5) is 5.82 Å². The number of aromatic nitrogens is 4. The smallest absolute Gasteiger partial charge is 0.461 e. The Morgan fingerprint density at radius 2 is 2.04 bits per heavy atom. The van der Waals surface area contributed by atoms with Crippen LogP contribution in [0.15, 0.2) is 12.7 Å². The van der Waals surface area contributed by atoms with Crippen LogP contribution in [-0.2, 0) is 25.4 Å². The van der Waals surface area contributed by atoms with Crippen LogP contribution in [0, 0.1) is 0 Å². The summed E-state index contributed by atoms with van der Waals surface area (Å²) in [6.45, 7) is 7.42. The van der Waals surface area contributed by atoms with Gasteiger partial charge < -0.3 is 19.8 Å². The van der Waals surface area contributed by atoms with E-state index in [0.29, 0.717) is 23.5 Å². The summed E-state index contributed by atoms with van der Waals surface area (Å²) in [4.78, 5) is 23.9. The lowest BCUT2D eigenvalue weighted by Crippen LogP contribution is -2.33. The average Bonchev–Trinajstić information content (AvgIpc) is 2.96. The molecule has 0 fully saturated rings. The standard InChI is InChI=1S/C15H24N6O4P/c1-9(2)25-15(22)11(4)20-26(23)8-24-10(3)5-21-7-19-12-13(16)17-6-18-14(12)21/h6-7,9-11H,5,8H2,1-4H3,(H,20,23)(H2,16,17,18)/q+1. The van der Waals surface area contributed by atoms with Crippen LogP contribution in [0.1, 0.15) is 27.7 Å². The van der Waals surface area contributed by atoms with Crippen LogP contribution >= 0.6 is 7.95 Å². The zero-order chi connectivity index (χ0) is 19.3. The van der Waals surface area contributed by atoms with Crippen LogP contribution in [0.5, 0.6) is 0 Å². The van der Waals surface area contributed by atoms with Crippen LogP contribution in [0.25, 0.3) is 11.2 Å². The molecule has 2 aromatic rings. The summed E-state index contributed by atoms with van der Waals surface area (Å²) in [7, 11) is -1.91. The first-order valence-corrected chi connectivity index (χ1v) is 9.66. The molecule has 0 saturated heterocycles. The average molecular weight is 383 g/mol. The van der Waals surface area contributed by atoms with Crippen molar-refractivity contribution in [2.24, 2.45) is 0 Å². The predicted octanol–water partition coefficient (Wildman–Crippen LogP) is 1.44. The number of nitrogens with two attached hydrogens (primary N) is 1. The van der Waals surface area contributed by atoms with Crippen LogP contribution in [-0.4, -0.2) is 50.1 Å². The monoisotopic (exact) mass is 383 g/mol. The number of anilines is 1. The van der Waals surface area contributed by atoms with E-state index in [-0.39, 0.29) is 18.6 Å². The molecule has 3 unspecified atom stereocenters. The predicted molar refractivity (Wildman–Crippen MR) is 96.6 cm³/mol. The normalized spacial score (nSPS) is 14.4. The van der Waals surface area contributed by atoms with Crippen LogP contribution < -0.4 is 10.8 Å². The maximum absolute atomic E-state index is 12.1. The molecule has 0 aromatic carbocycles. The molecule has 26 heavy (non-hydrogen) atoms. The molecule has 0 aliphatic rings. The molecule has 0 bridgehead atoms. The molecule has 0 radical (unpaired) electrons. The van der Waals surface area contributed by atoms with Gasteiger partial charge in [0.05, 0.1) is 25.1 Å². The lowest BCUT2D eigenvalue weighted by molar-refractivity contribution is -0.148. The largest absolute Gasteiger partial charge is 0.462 e. The fourth-order valence-corrected chi connectivity index (χ4v) is 3.20. The van der Waals surface area contributed by atoms with Gasteiger partial charge in [0.2, 0.25) is 0 Å². The number of imidazole rings is 1. The Balaban J connectivity index is 1.82. The van der Waals surface area contributed by atoms with Crippen molar-refractivity contribution in [2.45, 2.75) is 52.5 Å². The highest BCUT2D eigenvalue weighted by atomic mass is 31.1. The second-order valence-electron chi connectivity index (χ2n) is 6.15. The van der Waals surface area contributed by atoms with Gasteiger partial charge >= 0.3 is 13.9 Å². The molecule has 2 heterocycles. The molecule has 10 nitrogen and oxygen atoms in total. The summed E-state index contributed by atoms with van der Waals surface area (Å²) >= 11 is 0. The van der Waals surface area contributed by atoms with Crippen LogP contribution in [0.2, 0.25) is 0 Å². The molecule has 142 valence electrons. The third kappa shape index (κ3) is 5.42. The second-order valence-corrected chi connectivity index (χ2v) is 7.42. The van der Waals surface area contributed by atoms with Gasteiger partial charge in [0, 0.05) is 0 Å². The summed E-state index contributed by atoms with van der Waals surface area (Å²) in [5.41, 5.74) is 6.90. The molecule has 0 amide bonds. The first kappa shape index (κ1) is 20.2. The zero-order valence-corrected chi connectivity index (χ0v) is 16.1. The molecule has 0 spiro atoms. The van der Waals surface area contributed by atoms with Crippen molar-refractivity contribution in [2.75, 3.05) is 12.1 Å². The van der Waals surface area contributed by atoms with Gasteiger partial charge in [-0.1, -0.05) is 5.09 Å². The molecule has 0 aliphatic carbocycles. The van der Waals surface area contributed by atoms with E-state index in [9.17, 15) is 9.36 Å². The van der Waals surface area contributed by atoms with Crippen LogP contribution in [0.3, 0.4) is 0 Å². The Hall–Kier alpha value is -2.16. The molecule has 11 heteroatoms. The van der Waals surface area contributed by atoms with Gasteiger partial charge in [0.15, 0.2) is 11.5 Å². The summed E-state index contributed by atoms with van der Waals surface area (Å²) in [5, 5.41) is 2.69. The van der Waals surface area contributed by atoms with Gasteiger partial charge in [-0.05, 0) is 32.3 Å². The number of ether oxygens (including phenoxy) is 2. The quantitative estimate of drug-likeness (QED) is 0.487. The highest BCUT2D eigenvalue weighted by Gasteiger charge is 2.27. The van der Waals surface area contributed by atoms with Crippen molar-refractivity contribution in [1.29, 1.82) is 0 Å². The number of fused-ring (bicyclic) bond motifs is 1. The molecule has 3 N–H and O–H groups in total. The molecular weight excluding hydrogens is 359 g/mol. The second kappa shape index (κ2) is 8.98. The third-order valence-electron chi connectivity index (χ3n) is 3.40. The van der Waals surface area contributed by atoms with E-state index >= 15 is 0 Å². The molecule has 2 aromatic heterocycles. The van der Waals surface area contributed by atoms with Gasteiger partial charge in [-0.25, -0.2) is 15.0 Å². The van der Waals surface area contributed by atoms with E-state index in [1.165, 1.54) is 6.33 Å². The number of esters is 1. The number of nitrogens with zero attached hydrogens (tertiary/aromatic N) is 4. The van der Waals surface area contributed by atoms with Crippen molar-refractivity contribution in [3.8, 4) is 0 Å². The van der Waals surface area contributed by atoms with E-state index in [0.717, 1.165) is 0 Å². The Morgan fingerprint density at radius 1 is 1.31 bits per heavy atom. The minimum Gasteiger partial charge on any atom is -0.462 e. The number of rotatable bonds is 9. The summed E-state index contributed by atoms with van der Waals surface area (Å²) < 4.78 is 24.5. The summed E-state index contributed by atoms with van der Waals surface area (Å²) in [6, 6.07) is -0.669. The van der Waals surface area contributed by atoms with Gasteiger partial charge in [-0.15, -0.1) is 0 Å². The van der Waals surface area contributed by atoms with E-state index in [1.807, 2.05) is 6.92 Å². The van der Waals surface area contributed by atoms with Crippen molar-refractivity contribution >= 4 is 30.9 Å². The van der Waals surface area contributed by atoms with Crippen molar-refractivity contribution in [3.63, 3.8) is 0 Å². The number of carbonyl (C=O) groups excluding carboxylic acids is 1. The minimum atomic E-state index is -1.91. The maximum Gasteiger partial charge on any atom is 0.461 e. The van der Waals surface area contributed by atoms with Gasteiger partial charge in [0.25, 0.3) is 6.35 Å². The maximum atomic E-state index is 12.1. The SMILES string of the molecule is CC(C)OC(=O)C(C)N[P+](=O)COC(C)Cn1cnc2c(N)ncnc21. The molecule has 2 rings (SSSR count). The van der Waals surface area contributed by atoms with Gasteiger partial charge in [0.1, 0.15) is 17.9 Å². The molecule has 0 saturated carbocycles. The fraction of sp³-hybridized carbons (Fsp3) is 0.600. The van der Waals surface area contributed by atoms with Crippen molar-refractivity contribution < 1.29 is 18.8 Å². The lowest BCUT2D eigenvalue weighted by atomic mass is 10.4. The van der Waals surface area contributed by atoms with Crippen molar-refractivity contribution in [3.05, 3.63) is 12.7 Å². The number of hydrogen-bond acceptors (Lipinski definition) is 8. The number of nitrogens with one attached hydrogen (secondary N) is 1. The number of nitrogen functional groups attached to an aromatic ring is 1. The number of hydrogen-bond donors (Lipinski definition) is 2. The molecule has 3 atom stereocenters. The Kier molecular flexibility index (Phi) is 6.96. The Bertz CT molecular complexity index is 781. The zero-order valence-electron chi connectivity index (χ0n) is 15.2. The van der Waals surface area contributed by atoms with E-state index in [1.54, 1.807) is 31.7 Å². The third-order valence-corrected chi connectivity index (χ3v) is 4.46. The molecule has 0 aliphatic heterocycles. The fourth-order valence-electron chi connectivity index (χ4n) is 2.20. The number of carbonyl (C=O) groups is 1. The van der Waals surface area contributed by atoms with Crippen molar-refractivity contribution in [1.82, 2.24) is 24.6 Å². The van der Waals surface area contributed by atoms with E-state index < -0.39 is 20.0 Å². The lowest BCUT2D eigenvalue weighted by Gasteiger charge is -2.12. The summed E-state index contributed by atoms with van der Waals surface area (Å²) in [5.74, 6) is -0.129. The highest BCUT2D eigenvalue weighted by Crippen LogP contribution is 2.19. The highest BCUT2D eigenvalue weighted by molar-refractivity contribution is 7.42. The van der Waals surface area contributed by atoms with E-state index in [4.69, 9.17) is 15.2 Å². The van der Waals surface area contributed by atoms with E-state index in [2.05, 4.69) is 20.0 Å². The molecular formula is C15H24N6O4P+. The van der Waals surface area contributed by atoms with Gasteiger partial charge in [-0.3, -0.25) is 4.79 Å². The first-order chi connectivity index (χ1) is 12.3. The Morgan fingerprint density at radius 3 is 2.73 bits per heavy atom. The minimum absolute atomic E-state index is 0.0282.